The fraction of sp³-hybridized carbons (Fsp3) is 0.515. The van der Waals surface area contributed by atoms with Crippen LogP contribution in [0, 0.1) is 6.92 Å². The van der Waals surface area contributed by atoms with Crippen molar-refractivity contribution in [3.8, 4) is 16.5 Å². The number of aliphatic hydroxyl groups excluding tert-OH is 1. The van der Waals surface area contributed by atoms with Crippen LogP contribution in [-0.2, 0) is 21.6 Å². The molecular formula is C33H40N4O7S. The number of likely N-dealkylation sites (tertiary alicyclic amines) is 1. The Morgan fingerprint density at radius 2 is 1.87 bits per heavy atom. The lowest BCUT2D eigenvalue weighted by Gasteiger charge is -2.32. The molecule has 12 heteroatoms. The second-order valence-corrected chi connectivity index (χ2v) is 13.5. The number of aromatic nitrogens is 3. The third-order valence-corrected chi connectivity index (χ3v) is 10.5. The molecule has 1 aliphatic carbocycles. The second-order valence-electron chi connectivity index (χ2n) is 12.5. The maximum atomic E-state index is 14.6. The van der Waals surface area contributed by atoms with Crippen LogP contribution in [0.15, 0.2) is 50.7 Å². The van der Waals surface area contributed by atoms with Crippen LogP contribution < -0.4 is 16.0 Å². The molecule has 1 aliphatic heterocycles. The standard InChI is InChI=1S/C33H40N4O7S/c1-20-26-29(39)37(33(2,3)31(40)35-16-7-8-17-35)32(41)36(30(26)45-27(20)28-34-15-18-43-28)19-25(23-9-5-6-10-24(23)42-4)44-22-13-11-21(38)12-14-22/h5-6,9-10,15,18,21-22,25,38H,7-8,11-14,16-17,19H2,1-4H3/t21?,22?,25-/m0/s1. The fourth-order valence-electron chi connectivity index (χ4n) is 6.67. The van der Waals surface area contributed by atoms with E-state index in [1.165, 1.54) is 23.8 Å². The number of aryl methyl sites for hydroxylation is 1. The third-order valence-electron chi connectivity index (χ3n) is 9.15. The summed E-state index contributed by atoms with van der Waals surface area (Å²) in [5.41, 5.74) is -1.16. The van der Waals surface area contributed by atoms with Crippen LogP contribution in [0.25, 0.3) is 21.0 Å². The smallest absolute Gasteiger partial charge is 0.333 e. The van der Waals surface area contributed by atoms with Crippen molar-refractivity contribution in [2.75, 3.05) is 20.2 Å². The summed E-state index contributed by atoms with van der Waals surface area (Å²) in [5, 5.41) is 10.5. The van der Waals surface area contributed by atoms with Gasteiger partial charge in [-0.25, -0.2) is 14.3 Å². The number of nitrogens with zero attached hydrogens (tertiary/aromatic N) is 4. The van der Waals surface area contributed by atoms with E-state index in [0.29, 0.717) is 71.1 Å². The topological polar surface area (TPSA) is 129 Å². The maximum Gasteiger partial charge on any atom is 0.333 e. The Hall–Kier alpha value is -3.74. The van der Waals surface area contributed by atoms with Gasteiger partial charge in [-0.05, 0) is 70.9 Å². The first kappa shape index (κ1) is 31.3. The number of ether oxygens (including phenoxy) is 2. The number of carbonyl (C=O) groups excluding carboxylic acids is 1. The van der Waals surface area contributed by atoms with Gasteiger partial charge >= 0.3 is 5.69 Å². The number of benzene rings is 1. The van der Waals surface area contributed by atoms with E-state index in [1.54, 1.807) is 30.4 Å². The molecule has 2 fully saturated rings. The number of hydrogen-bond donors (Lipinski definition) is 1. The zero-order valence-corrected chi connectivity index (χ0v) is 27.0. The number of rotatable bonds is 9. The molecule has 11 nitrogen and oxygen atoms in total. The van der Waals surface area contributed by atoms with Crippen LogP contribution >= 0.6 is 11.3 Å². The Kier molecular flexibility index (Phi) is 8.73. The van der Waals surface area contributed by atoms with Gasteiger partial charge in [-0.1, -0.05) is 18.2 Å². The predicted octanol–water partition coefficient (Wildman–Crippen LogP) is 4.62. The van der Waals surface area contributed by atoms with Crippen molar-refractivity contribution in [1.29, 1.82) is 0 Å². The third kappa shape index (κ3) is 5.75. The van der Waals surface area contributed by atoms with E-state index in [9.17, 15) is 19.5 Å². The van der Waals surface area contributed by atoms with Crippen LogP contribution in [0.4, 0.5) is 0 Å². The Morgan fingerprint density at radius 3 is 2.53 bits per heavy atom. The van der Waals surface area contributed by atoms with E-state index < -0.39 is 22.9 Å². The summed E-state index contributed by atoms with van der Waals surface area (Å²) in [5.74, 6) is 0.705. The number of fused-ring (bicyclic) bond motifs is 1. The van der Waals surface area contributed by atoms with Crippen molar-refractivity contribution in [3.05, 3.63) is 68.7 Å². The lowest BCUT2D eigenvalue weighted by atomic mass is 9.94. The first-order valence-corrected chi connectivity index (χ1v) is 16.4. The van der Waals surface area contributed by atoms with Gasteiger partial charge in [-0.15, -0.1) is 11.3 Å². The highest BCUT2D eigenvalue weighted by atomic mass is 32.1. The van der Waals surface area contributed by atoms with E-state index in [2.05, 4.69) is 4.98 Å². The molecule has 0 unspecified atom stereocenters. The highest BCUT2D eigenvalue weighted by molar-refractivity contribution is 7.22. The summed E-state index contributed by atoms with van der Waals surface area (Å²) >= 11 is 1.26. The quantitative estimate of drug-likeness (QED) is 0.282. The molecule has 1 N–H and O–H groups in total. The molecule has 1 saturated heterocycles. The van der Waals surface area contributed by atoms with E-state index in [0.717, 1.165) is 23.0 Å². The van der Waals surface area contributed by atoms with Crippen molar-refractivity contribution in [2.24, 2.45) is 0 Å². The van der Waals surface area contributed by atoms with Crippen molar-refractivity contribution in [2.45, 2.75) is 89.7 Å². The highest BCUT2D eigenvalue weighted by Gasteiger charge is 2.39. The summed E-state index contributed by atoms with van der Waals surface area (Å²) in [6.45, 7) is 6.36. The normalized spacial score (nSPS) is 19.7. The van der Waals surface area contributed by atoms with Crippen LogP contribution in [0.1, 0.15) is 69.6 Å². The number of thiophene rings is 1. The minimum absolute atomic E-state index is 0.0635. The number of para-hydroxylation sites is 1. The molecule has 6 rings (SSSR count). The van der Waals surface area contributed by atoms with Gasteiger partial charge in [0.1, 0.15) is 28.5 Å². The number of carbonyl (C=O) groups is 1. The molecule has 0 spiro atoms. The molecule has 1 amide bonds. The lowest BCUT2D eigenvalue weighted by molar-refractivity contribution is -0.138. The molecule has 4 aromatic rings. The molecule has 0 bridgehead atoms. The Bertz CT molecular complexity index is 1790. The van der Waals surface area contributed by atoms with Crippen LogP contribution in [0.3, 0.4) is 0 Å². The summed E-state index contributed by atoms with van der Waals surface area (Å²) in [7, 11) is 1.59. The number of amides is 1. The number of oxazole rings is 1. The van der Waals surface area contributed by atoms with Crippen molar-refractivity contribution < 1.29 is 23.8 Å². The van der Waals surface area contributed by atoms with Crippen LogP contribution in [0.2, 0.25) is 0 Å². The minimum Gasteiger partial charge on any atom is -0.496 e. The average Bonchev–Trinajstić information content (AvgIpc) is 3.81. The molecule has 3 aromatic heterocycles. The molecular weight excluding hydrogens is 596 g/mol. The van der Waals surface area contributed by atoms with Crippen molar-refractivity contribution in [1.82, 2.24) is 19.0 Å². The lowest BCUT2D eigenvalue weighted by Crippen LogP contribution is -2.56. The van der Waals surface area contributed by atoms with Crippen molar-refractivity contribution >= 4 is 27.5 Å². The molecule has 2 aliphatic rings. The predicted molar refractivity (Wildman–Crippen MR) is 171 cm³/mol. The molecule has 4 heterocycles. The average molecular weight is 637 g/mol. The van der Waals surface area contributed by atoms with E-state index in [-0.39, 0.29) is 24.7 Å². The van der Waals surface area contributed by atoms with Gasteiger partial charge in [0.15, 0.2) is 0 Å². The zero-order chi connectivity index (χ0) is 31.9. The molecule has 45 heavy (non-hydrogen) atoms. The van der Waals surface area contributed by atoms with Gasteiger partial charge < -0.3 is 23.9 Å². The fourth-order valence-corrected chi connectivity index (χ4v) is 7.91. The van der Waals surface area contributed by atoms with Gasteiger partial charge in [0.25, 0.3) is 5.56 Å². The van der Waals surface area contributed by atoms with Crippen LogP contribution in [-0.4, -0.2) is 62.4 Å². The molecule has 1 saturated carbocycles. The summed E-state index contributed by atoms with van der Waals surface area (Å²) in [4.78, 5) is 50.0. The summed E-state index contributed by atoms with van der Waals surface area (Å²) in [6.07, 6.45) is 6.30. The SMILES string of the molecule is COc1ccccc1[C@H](Cn1c(=O)n(C(C)(C)C(=O)N2CCCC2)c(=O)c2c(C)c(-c3ncco3)sc21)OC1CCC(O)CC1. The van der Waals surface area contributed by atoms with Crippen LogP contribution in [0.5, 0.6) is 5.75 Å². The Labute approximate surface area is 265 Å². The van der Waals surface area contributed by atoms with E-state index >= 15 is 0 Å². The minimum atomic E-state index is -1.44. The summed E-state index contributed by atoms with van der Waals surface area (Å²) < 4.78 is 20.7. The number of aliphatic hydroxyl groups is 1. The van der Waals surface area contributed by atoms with E-state index in [4.69, 9.17) is 13.9 Å². The largest absolute Gasteiger partial charge is 0.496 e. The van der Waals surface area contributed by atoms with Gasteiger partial charge in [0, 0.05) is 18.7 Å². The van der Waals surface area contributed by atoms with Gasteiger partial charge in [0.05, 0.1) is 42.3 Å². The Morgan fingerprint density at radius 1 is 1.16 bits per heavy atom. The maximum absolute atomic E-state index is 14.6. The zero-order valence-electron chi connectivity index (χ0n) is 26.2. The highest BCUT2D eigenvalue weighted by Crippen LogP contribution is 2.38. The first-order valence-electron chi connectivity index (χ1n) is 15.6. The van der Waals surface area contributed by atoms with Crippen molar-refractivity contribution in [3.63, 3.8) is 0 Å². The molecule has 0 radical (unpaired) electrons. The summed E-state index contributed by atoms with van der Waals surface area (Å²) in [6, 6.07) is 7.53. The first-order chi connectivity index (χ1) is 21.6. The number of methoxy groups -OCH3 is 1. The van der Waals surface area contributed by atoms with Gasteiger partial charge in [0.2, 0.25) is 11.8 Å². The monoisotopic (exact) mass is 636 g/mol. The molecule has 1 aromatic carbocycles. The van der Waals surface area contributed by atoms with Gasteiger partial charge in [-0.3, -0.25) is 14.2 Å². The van der Waals surface area contributed by atoms with E-state index in [1.807, 2.05) is 31.2 Å². The second kappa shape index (κ2) is 12.6. The number of hydrogen-bond acceptors (Lipinski definition) is 9. The van der Waals surface area contributed by atoms with Gasteiger partial charge in [-0.2, -0.15) is 0 Å². The molecule has 1 atom stereocenters. The Balaban J connectivity index is 1.55. The molecule has 240 valence electrons.